The van der Waals surface area contributed by atoms with Crippen LogP contribution in [-0.2, 0) is 0 Å². The maximum Gasteiger partial charge on any atom is 0.232 e. The van der Waals surface area contributed by atoms with Gasteiger partial charge in [0.25, 0.3) is 0 Å². The number of piperazine rings is 1. The van der Waals surface area contributed by atoms with Crippen molar-refractivity contribution in [2.24, 2.45) is 0 Å². The van der Waals surface area contributed by atoms with E-state index in [9.17, 15) is 0 Å². The summed E-state index contributed by atoms with van der Waals surface area (Å²) in [4.78, 5) is 24.5. The maximum absolute atomic E-state index is 4.99. The van der Waals surface area contributed by atoms with Gasteiger partial charge in [-0.1, -0.05) is 17.7 Å². The van der Waals surface area contributed by atoms with E-state index in [-0.39, 0.29) is 42.7 Å². The Balaban J connectivity index is -0.000000480. The highest BCUT2D eigenvalue weighted by Crippen LogP contribution is 2.26. The van der Waals surface area contributed by atoms with Crippen molar-refractivity contribution in [2.75, 3.05) is 72.0 Å². The molecule has 0 spiro atoms. The molecule has 37 heavy (non-hydrogen) atoms. The molecule has 3 aliphatic heterocycles. The standard InChI is InChI=1S/C25H37N7.ClH.4H3N.4H2/c1-20-9-10-22(21(2)19-20)29-15-17-32(18-16-29)25-27-23(30-11-5-3-6-12-30)26-24(28-25)31-13-7-4-8-14-31;;;;;;;;;/h9-10,19H,3-8,11-18H2,1-2H3;1H;4*1H3;4*1H. The molecule has 0 amide bonds. The molecule has 12 N–H and O–H groups in total. The van der Waals surface area contributed by atoms with Crippen LogP contribution in [0.3, 0.4) is 0 Å². The van der Waals surface area contributed by atoms with Crippen molar-refractivity contribution in [3.8, 4) is 0 Å². The van der Waals surface area contributed by atoms with Crippen molar-refractivity contribution in [3.05, 3.63) is 29.3 Å². The lowest BCUT2D eigenvalue weighted by molar-refractivity contribution is 0.553. The minimum absolute atomic E-state index is 0. The Morgan fingerprint density at radius 2 is 0.919 bits per heavy atom. The number of anilines is 4. The molecule has 0 saturated carbocycles. The zero-order valence-electron chi connectivity index (χ0n) is 23.0. The van der Waals surface area contributed by atoms with Gasteiger partial charge in [-0.3, -0.25) is 0 Å². The minimum Gasteiger partial charge on any atom is -0.368 e. The van der Waals surface area contributed by atoms with Gasteiger partial charge in [-0.15, -0.1) is 12.4 Å². The van der Waals surface area contributed by atoms with Crippen LogP contribution in [0.4, 0.5) is 23.5 Å². The van der Waals surface area contributed by atoms with Gasteiger partial charge in [0.1, 0.15) is 0 Å². The van der Waals surface area contributed by atoms with E-state index in [1.54, 1.807) is 0 Å². The van der Waals surface area contributed by atoms with E-state index >= 15 is 0 Å². The molecule has 3 fully saturated rings. The number of aromatic nitrogens is 3. The van der Waals surface area contributed by atoms with Crippen LogP contribution in [0.15, 0.2) is 18.2 Å². The molecule has 3 aliphatic rings. The summed E-state index contributed by atoms with van der Waals surface area (Å²) < 4.78 is 0. The second kappa shape index (κ2) is 15.7. The molecule has 0 aliphatic carbocycles. The van der Waals surface area contributed by atoms with Gasteiger partial charge < -0.3 is 44.2 Å². The molecule has 2 aromatic rings. The van der Waals surface area contributed by atoms with Crippen molar-refractivity contribution in [1.29, 1.82) is 0 Å². The molecular weight excluding hydrogens is 490 g/mol. The topological polar surface area (TPSA) is 192 Å². The average Bonchev–Trinajstić information content (AvgIpc) is 2.85. The summed E-state index contributed by atoms with van der Waals surface area (Å²) in [5.41, 5.74) is 4.04. The van der Waals surface area contributed by atoms with E-state index in [0.717, 1.165) is 70.2 Å². The summed E-state index contributed by atoms with van der Waals surface area (Å²) in [6.07, 6.45) is 7.55. The van der Waals surface area contributed by atoms with Gasteiger partial charge in [0.05, 0.1) is 0 Å². The van der Waals surface area contributed by atoms with Gasteiger partial charge in [0.15, 0.2) is 0 Å². The van der Waals surface area contributed by atoms with Gasteiger partial charge in [-0.2, -0.15) is 15.0 Å². The van der Waals surface area contributed by atoms with E-state index in [2.05, 4.69) is 51.6 Å². The first-order chi connectivity index (χ1) is 15.7. The molecule has 1 aromatic heterocycles. The van der Waals surface area contributed by atoms with Crippen LogP contribution >= 0.6 is 12.4 Å². The maximum atomic E-state index is 4.99. The lowest BCUT2D eigenvalue weighted by atomic mass is 10.1. The zero-order valence-corrected chi connectivity index (χ0v) is 23.8. The fraction of sp³-hybridized carbons (Fsp3) is 0.640. The third-order valence-corrected chi connectivity index (χ3v) is 7.13. The minimum atomic E-state index is 0. The molecule has 11 nitrogen and oxygen atoms in total. The quantitative estimate of drug-likeness (QED) is 0.358. The highest BCUT2D eigenvalue weighted by molar-refractivity contribution is 5.85. The Labute approximate surface area is 235 Å². The smallest absolute Gasteiger partial charge is 0.232 e. The molecule has 5 rings (SSSR count). The van der Waals surface area contributed by atoms with Crippen molar-refractivity contribution >= 4 is 35.9 Å². The molecule has 12 heteroatoms. The predicted molar refractivity (Wildman–Crippen MR) is 168 cm³/mol. The number of aryl methyl sites for hydroxylation is 2. The van der Waals surface area contributed by atoms with Crippen molar-refractivity contribution < 1.29 is 5.71 Å². The summed E-state index contributed by atoms with van der Waals surface area (Å²) in [6.45, 7) is 12.5. The fourth-order valence-electron chi connectivity index (χ4n) is 5.26. The Hall–Kier alpha value is -2.44. The van der Waals surface area contributed by atoms with Crippen LogP contribution in [0, 0.1) is 13.8 Å². The van der Waals surface area contributed by atoms with Crippen LogP contribution in [-0.4, -0.2) is 67.3 Å². The molecule has 0 bridgehead atoms. The van der Waals surface area contributed by atoms with E-state index in [1.807, 2.05) is 0 Å². The van der Waals surface area contributed by atoms with E-state index < -0.39 is 0 Å². The number of rotatable bonds is 4. The van der Waals surface area contributed by atoms with Gasteiger partial charge in [-0.25, -0.2) is 0 Å². The van der Waals surface area contributed by atoms with Gasteiger partial charge in [-0.05, 0) is 64.0 Å². The largest absolute Gasteiger partial charge is 0.368 e. The molecule has 4 heterocycles. The summed E-state index contributed by atoms with van der Waals surface area (Å²) in [5, 5.41) is 0. The molecule has 0 unspecified atom stereocenters. The molecule has 220 valence electrons. The molecule has 3 saturated heterocycles. The Morgan fingerprint density at radius 3 is 1.32 bits per heavy atom. The fourth-order valence-corrected chi connectivity index (χ4v) is 5.26. The van der Waals surface area contributed by atoms with Gasteiger partial charge in [0, 0.05) is 63.8 Å². The number of piperidine rings is 2. The Kier molecular flexibility index (Phi) is 14.7. The summed E-state index contributed by atoms with van der Waals surface area (Å²) in [5.74, 6) is 2.63. The van der Waals surface area contributed by atoms with E-state index in [0.29, 0.717) is 0 Å². The molecule has 0 radical (unpaired) electrons. The van der Waals surface area contributed by atoms with Gasteiger partial charge >= 0.3 is 0 Å². The second-order valence-electron chi connectivity index (χ2n) is 9.59. The third kappa shape index (κ3) is 8.02. The summed E-state index contributed by atoms with van der Waals surface area (Å²) >= 11 is 0. The summed E-state index contributed by atoms with van der Waals surface area (Å²) in [6, 6.07) is 6.77. The van der Waals surface area contributed by atoms with Crippen LogP contribution < -0.4 is 44.2 Å². The van der Waals surface area contributed by atoms with Gasteiger partial charge in [0.2, 0.25) is 17.8 Å². The van der Waals surface area contributed by atoms with Crippen LogP contribution in [0.2, 0.25) is 0 Å². The number of nitrogens with zero attached hydrogens (tertiary/aromatic N) is 7. The molecule has 0 atom stereocenters. The number of hydrogen-bond acceptors (Lipinski definition) is 11. The SMILES string of the molecule is Cc1ccc(N2CCN(c3nc(N4CCCCC4)nc(N4CCCCC4)n3)CC2)c(C)c1.Cl.N.N.N.N.[HH].[HH].[HH].[HH]. The number of halogens is 1. The lowest BCUT2D eigenvalue weighted by Crippen LogP contribution is -2.47. The predicted octanol–water partition coefficient (Wildman–Crippen LogP) is 5.85. The van der Waals surface area contributed by atoms with Crippen molar-refractivity contribution in [3.63, 3.8) is 0 Å². The van der Waals surface area contributed by atoms with E-state index in [1.165, 1.54) is 55.3 Å². The number of hydrogen-bond donors (Lipinski definition) is 4. The first-order valence-electron chi connectivity index (χ1n) is 12.5. The first kappa shape index (κ1) is 34.6. The van der Waals surface area contributed by atoms with Crippen LogP contribution in [0.5, 0.6) is 0 Å². The highest BCUT2D eigenvalue weighted by Gasteiger charge is 2.25. The van der Waals surface area contributed by atoms with E-state index in [4.69, 9.17) is 15.0 Å². The molecule has 1 aromatic carbocycles. The van der Waals surface area contributed by atoms with Crippen LogP contribution in [0.25, 0.3) is 0 Å². The van der Waals surface area contributed by atoms with Crippen LogP contribution in [0.1, 0.15) is 55.4 Å². The lowest BCUT2D eigenvalue weighted by Gasteiger charge is -2.37. The average molecular weight is 548 g/mol. The molecular formula is C25H58ClN11. The highest BCUT2D eigenvalue weighted by atomic mass is 35.5. The second-order valence-corrected chi connectivity index (χ2v) is 9.59. The first-order valence-corrected chi connectivity index (χ1v) is 12.5. The zero-order chi connectivity index (χ0) is 21.9. The normalized spacial score (nSPS) is 17.4. The summed E-state index contributed by atoms with van der Waals surface area (Å²) in [7, 11) is 0. The number of benzene rings is 1. The Bertz CT molecular complexity index is 908. The van der Waals surface area contributed by atoms with Crippen molar-refractivity contribution in [2.45, 2.75) is 52.4 Å². The Morgan fingerprint density at radius 1 is 0.541 bits per heavy atom. The third-order valence-electron chi connectivity index (χ3n) is 7.13. The van der Waals surface area contributed by atoms with Crippen molar-refractivity contribution in [1.82, 2.24) is 39.6 Å². The monoisotopic (exact) mass is 547 g/mol.